The zero-order valence-electron chi connectivity index (χ0n) is 10.1. The van der Waals surface area contributed by atoms with E-state index in [1.807, 2.05) is 13.8 Å². The van der Waals surface area contributed by atoms with Gasteiger partial charge < -0.3 is 5.11 Å². The number of carbonyl (C=O) groups is 1. The summed E-state index contributed by atoms with van der Waals surface area (Å²) in [5.74, 6) is -1.07. The van der Waals surface area contributed by atoms with E-state index in [-0.39, 0.29) is 22.9 Å². The standard InChI is InChI=1S/C10H15N3O4S/c1-10(2)3-8(10)12-18(16,17)7-4-11-13(5-7)6-9(14)15/h4-5,8,12H,3,6H2,1-2H3,(H,14,15). The summed E-state index contributed by atoms with van der Waals surface area (Å²) in [5.41, 5.74) is -0.00979. The quantitative estimate of drug-likeness (QED) is 0.789. The van der Waals surface area contributed by atoms with Crippen molar-refractivity contribution < 1.29 is 18.3 Å². The number of sulfonamides is 1. The minimum Gasteiger partial charge on any atom is -0.480 e. The molecule has 1 unspecified atom stereocenters. The molecule has 0 amide bonds. The molecule has 0 spiro atoms. The number of nitrogens with zero attached hydrogens (tertiary/aromatic N) is 2. The van der Waals surface area contributed by atoms with Gasteiger partial charge in [-0.2, -0.15) is 5.10 Å². The predicted octanol–water partition coefficient (Wildman–Crippen LogP) is 0.0445. The van der Waals surface area contributed by atoms with Gasteiger partial charge in [-0.1, -0.05) is 13.8 Å². The molecule has 1 atom stereocenters. The second-order valence-corrected chi connectivity index (χ2v) is 6.85. The van der Waals surface area contributed by atoms with Gasteiger partial charge in [0, 0.05) is 12.2 Å². The van der Waals surface area contributed by atoms with Crippen molar-refractivity contribution in [3.8, 4) is 0 Å². The molecule has 1 aliphatic rings. The van der Waals surface area contributed by atoms with E-state index in [2.05, 4.69) is 9.82 Å². The maximum atomic E-state index is 12.0. The first-order chi connectivity index (χ1) is 8.21. The van der Waals surface area contributed by atoms with Gasteiger partial charge in [0.25, 0.3) is 0 Å². The van der Waals surface area contributed by atoms with Crippen molar-refractivity contribution in [1.82, 2.24) is 14.5 Å². The average Bonchev–Trinajstić information content (AvgIpc) is 2.62. The predicted molar refractivity (Wildman–Crippen MR) is 62.4 cm³/mol. The van der Waals surface area contributed by atoms with Crippen molar-refractivity contribution in [2.45, 2.75) is 37.8 Å². The Morgan fingerprint density at radius 1 is 1.67 bits per heavy atom. The average molecular weight is 273 g/mol. The van der Waals surface area contributed by atoms with Gasteiger partial charge in [-0.25, -0.2) is 13.1 Å². The maximum Gasteiger partial charge on any atom is 0.325 e. The monoisotopic (exact) mass is 273 g/mol. The Hall–Kier alpha value is -1.41. The van der Waals surface area contributed by atoms with Crippen LogP contribution in [0.5, 0.6) is 0 Å². The van der Waals surface area contributed by atoms with E-state index in [0.29, 0.717) is 0 Å². The highest BCUT2D eigenvalue weighted by molar-refractivity contribution is 7.89. The Balaban J connectivity index is 2.10. The molecule has 0 bridgehead atoms. The maximum absolute atomic E-state index is 12.0. The normalized spacial score (nSPS) is 21.8. The molecule has 1 saturated carbocycles. The van der Waals surface area contributed by atoms with E-state index in [4.69, 9.17) is 5.11 Å². The number of aromatic nitrogens is 2. The molecule has 0 radical (unpaired) electrons. The van der Waals surface area contributed by atoms with Crippen LogP contribution >= 0.6 is 0 Å². The van der Waals surface area contributed by atoms with Crippen LogP contribution in [0.15, 0.2) is 17.3 Å². The number of hydrogen-bond donors (Lipinski definition) is 2. The largest absolute Gasteiger partial charge is 0.480 e. The van der Waals surface area contributed by atoms with Crippen LogP contribution < -0.4 is 4.72 Å². The molecule has 100 valence electrons. The van der Waals surface area contributed by atoms with E-state index in [0.717, 1.165) is 17.3 Å². The molecule has 1 aliphatic carbocycles. The van der Waals surface area contributed by atoms with Gasteiger partial charge in [-0.15, -0.1) is 0 Å². The zero-order valence-corrected chi connectivity index (χ0v) is 10.9. The van der Waals surface area contributed by atoms with Crippen molar-refractivity contribution >= 4 is 16.0 Å². The third-order valence-corrected chi connectivity index (χ3v) is 4.45. The molecule has 1 heterocycles. The molecule has 0 aliphatic heterocycles. The van der Waals surface area contributed by atoms with Gasteiger partial charge >= 0.3 is 5.97 Å². The Kier molecular flexibility index (Phi) is 2.94. The highest BCUT2D eigenvalue weighted by atomic mass is 32.2. The Morgan fingerprint density at radius 2 is 2.28 bits per heavy atom. The van der Waals surface area contributed by atoms with E-state index in [1.54, 1.807) is 0 Å². The zero-order chi connectivity index (χ0) is 13.6. The van der Waals surface area contributed by atoms with Crippen molar-refractivity contribution in [3.05, 3.63) is 12.4 Å². The molecule has 0 aromatic carbocycles. The number of nitrogens with one attached hydrogen (secondary N) is 1. The van der Waals surface area contributed by atoms with Crippen LogP contribution in [0.2, 0.25) is 0 Å². The second-order valence-electron chi connectivity index (χ2n) is 5.13. The number of carboxylic acid groups (broad SMARTS) is 1. The van der Waals surface area contributed by atoms with Crippen molar-refractivity contribution in [2.24, 2.45) is 5.41 Å². The summed E-state index contributed by atoms with van der Waals surface area (Å²) in [6.45, 7) is 3.60. The highest BCUT2D eigenvalue weighted by Gasteiger charge is 2.48. The lowest BCUT2D eigenvalue weighted by molar-refractivity contribution is -0.137. The van der Waals surface area contributed by atoms with Crippen LogP contribution in [0.1, 0.15) is 20.3 Å². The second kappa shape index (κ2) is 4.06. The summed E-state index contributed by atoms with van der Waals surface area (Å²) in [6, 6.07) is -0.0645. The molecular formula is C10H15N3O4S. The van der Waals surface area contributed by atoms with E-state index in [1.165, 1.54) is 6.20 Å². The number of carboxylic acids is 1. The fraction of sp³-hybridized carbons (Fsp3) is 0.600. The molecule has 7 nitrogen and oxygen atoms in total. The van der Waals surface area contributed by atoms with Gasteiger partial charge in [-0.05, 0) is 11.8 Å². The van der Waals surface area contributed by atoms with Crippen molar-refractivity contribution in [2.75, 3.05) is 0 Å². The topological polar surface area (TPSA) is 101 Å². The summed E-state index contributed by atoms with van der Waals surface area (Å²) in [7, 11) is -3.61. The summed E-state index contributed by atoms with van der Waals surface area (Å²) >= 11 is 0. The number of aliphatic carboxylic acids is 1. The first-order valence-corrected chi connectivity index (χ1v) is 6.96. The lowest BCUT2D eigenvalue weighted by Crippen LogP contribution is -2.28. The molecule has 8 heteroatoms. The lowest BCUT2D eigenvalue weighted by Gasteiger charge is -2.05. The molecule has 0 saturated heterocycles. The summed E-state index contributed by atoms with van der Waals surface area (Å²) in [5, 5.41) is 12.3. The summed E-state index contributed by atoms with van der Waals surface area (Å²) in [6.07, 6.45) is 3.17. The van der Waals surface area contributed by atoms with Crippen LogP contribution in [0.3, 0.4) is 0 Å². The fourth-order valence-electron chi connectivity index (χ4n) is 1.63. The Bertz CT molecular complexity index is 576. The molecule has 1 fully saturated rings. The third-order valence-electron chi connectivity index (χ3n) is 3.03. The molecule has 18 heavy (non-hydrogen) atoms. The fourth-order valence-corrected chi connectivity index (χ4v) is 2.99. The van der Waals surface area contributed by atoms with Crippen molar-refractivity contribution in [1.29, 1.82) is 0 Å². The molecule has 2 N–H and O–H groups in total. The Morgan fingerprint density at radius 3 is 2.78 bits per heavy atom. The highest BCUT2D eigenvalue weighted by Crippen LogP contribution is 2.45. The summed E-state index contributed by atoms with van der Waals surface area (Å²) < 4.78 is 27.6. The van der Waals surface area contributed by atoms with Crippen LogP contribution in [0.4, 0.5) is 0 Å². The minimum atomic E-state index is -3.61. The van der Waals surface area contributed by atoms with E-state index < -0.39 is 16.0 Å². The SMILES string of the molecule is CC1(C)CC1NS(=O)(=O)c1cnn(CC(=O)O)c1. The van der Waals surface area contributed by atoms with Gasteiger partial charge in [0.2, 0.25) is 10.0 Å². The minimum absolute atomic E-state index is 0.00792. The smallest absolute Gasteiger partial charge is 0.325 e. The van der Waals surface area contributed by atoms with Gasteiger partial charge in [-0.3, -0.25) is 9.48 Å². The molecular weight excluding hydrogens is 258 g/mol. The Labute approximate surface area is 105 Å². The first kappa shape index (κ1) is 13.0. The molecule has 2 rings (SSSR count). The van der Waals surface area contributed by atoms with Gasteiger partial charge in [0.05, 0.1) is 6.20 Å². The van der Waals surface area contributed by atoms with Gasteiger partial charge in [0.15, 0.2) is 0 Å². The molecule has 1 aromatic heterocycles. The van der Waals surface area contributed by atoms with Gasteiger partial charge in [0.1, 0.15) is 11.4 Å². The van der Waals surface area contributed by atoms with E-state index >= 15 is 0 Å². The number of rotatable bonds is 5. The number of hydrogen-bond acceptors (Lipinski definition) is 4. The third kappa shape index (κ3) is 2.70. The van der Waals surface area contributed by atoms with Crippen LogP contribution in [-0.4, -0.2) is 35.3 Å². The van der Waals surface area contributed by atoms with Crippen LogP contribution in [-0.2, 0) is 21.4 Å². The summed E-state index contributed by atoms with van der Waals surface area (Å²) in [4.78, 5) is 10.5. The molecule has 1 aromatic rings. The van der Waals surface area contributed by atoms with Crippen molar-refractivity contribution in [3.63, 3.8) is 0 Å². The van der Waals surface area contributed by atoms with Crippen LogP contribution in [0.25, 0.3) is 0 Å². The van der Waals surface area contributed by atoms with E-state index in [9.17, 15) is 13.2 Å². The lowest BCUT2D eigenvalue weighted by atomic mass is 10.2. The first-order valence-electron chi connectivity index (χ1n) is 5.47. The van der Waals surface area contributed by atoms with Crippen LogP contribution in [0, 0.1) is 5.41 Å².